The van der Waals surface area contributed by atoms with Crippen molar-refractivity contribution >= 4 is 28.7 Å². The van der Waals surface area contributed by atoms with Gasteiger partial charge in [0.05, 0.1) is 13.7 Å². The molecule has 0 aromatic heterocycles. The number of benzene rings is 2. The quantitative estimate of drug-likeness (QED) is 0.717. The van der Waals surface area contributed by atoms with Gasteiger partial charge in [0.15, 0.2) is 5.17 Å². The van der Waals surface area contributed by atoms with Gasteiger partial charge in [-0.1, -0.05) is 54.2 Å². The number of thioether (sulfide) groups is 1. The monoisotopic (exact) mass is 397 g/mol. The van der Waals surface area contributed by atoms with E-state index in [-0.39, 0.29) is 18.2 Å². The molecule has 0 spiro atoms. The third kappa shape index (κ3) is 5.85. The lowest BCUT2D eigenvalue weighted by Crippen LogP contribution is -2.32. The molecule has 1 fully saturated rings. The second-order valence-electron chi connectivity index (χ2n) is 6.35. The number of carbonyl (C=O) groups is 2. The van der Waals surface area contributed by atoms with E-state index in [1.807, 2.05) is 54.6 Å². The van der Waals surface area contributed by atoms with Gasteiger partial charge in [-0.25, -0.2) is 0 Å². The zero-order chi connectivity index (χ0) is 19.8. The maximum absolute atomic E-state index is 12.2. The topological polar surface area (TPSA) is 79.8 Å². The molecule has 0 saturated carbocycles. The highest BCUT2D eigenvalue weighted by Gasteiger charge is 2.31. The van der Waals surface area contributed by atoms with E-state index in [1.165, 1.54) is 11.8 Å². The fourth-order valence-electron chi connectivity index (χ4n) is 2.74. The Morgan fingerprint density at radius 1 is 1.14 bits per heavy atom. The SMILES string of the molecule is COc1ccc(CCNC(=O)C[C@@H]2SC(=NCc3ccccc3)NC2=O)cc1. The minimum Gasteiger partial charge on any atom is -0.497 e. The number of hydrogen-bond acceptors (Lipinski definition) is 5. The summed E-state index contributed by atoms with van der Waals surface area (Å²) in [5.41, 5.74) is 2.19. The number of aliphatic imine (C=N–C) groups is 1. The fourth-order valence-corrected chi connectivity index (χ4v) is 3.71. The number of methoxy groups -OCH3 is 1. The molecule has 2 aromatic rings. The van der Waals surface area contributed by atoms with Crippen molar-refractivity contribution in [1.29, 1.82) is 0 Å². The van der Waals surface area contributed by atoms with Gasteiger partial charge in [0.25, 0.3) is 0 Å². The van der Waals surface area contributed by atoms with E-state index >= 15 is 0 Å². The van der Waals surface area contributed by atoms with Gasteiger partial charge in [0.2, 0.25) is 11.8 Å². The van der Waals surface area contributed by atoms with Gasteiger partial charge >= 0.3 is 0 Å². The molecule has 1 heterocycles. The average molecular weight is 398 g/mol. The number of hydrogen-bond donors (Lipinski definition) is 2. The Kier molecular flexibility index (Phi) is 7.08. The van der Waals surface area contributed by atoms with Crippen LogP contribution >= 0.6 is 11.8 Å². The van der Waals surface area contributed by atoms with Crippen LogP contribution in [0.25, 0.3) is 0 Å². The summed E-state index contributed by atoms with van der Waals surface area (Å²) in [7, 11) is 1.63. The second-order valence-corrected chi connectivity index (χ2v) is 7.55. The number of nitrogens with zero attached hydrogens (tertiary/aromatic N) is 1. The standard InChI is InChI=1S/C21H23N3O3S/c1-27-17-9-7-15(8-10-17)11-12-22-19(25)13-18-20(26)24-21(28-18)23-14-16-5-3-2-4-6-16/h2-10,18H,11-14H2,1H3,(H,22,25)(H,23,24,26)/t18-/m0/s1. The normalized spacial score (nSPS) is 17.4. The van der Waals surface area contributed by atoms with Crippen LogP contribution in [0.15, 0.2) is 59.6 Å². The first-order valence-electron chi connectivity index (χ1n) is 9.09. The van der Waals surface area contributed by atoms with Crippen molar-refractivity contribution in [2.24, 2.45) is 4.99 Å². The van der Waals surface area contributed by atoms with Crippen LogP contribution in [0.5, 0.6) is 5.75 Å². The lowest BCUT2D eigenvalue weighted by atomic mass is 10.1. The molecule has 7 heteroatoms. The van der Waals surface area contributed by atoms with E-state index in [0.29, 0.717) is 18.3 Å². The van der Waals surface area contributed by atoms with Crippen LogP contribution in [0, 0.1) is 0 Å². The maximum Gasteiger partial charge on any atom is 0.240 e. The Morgan fingerprint density at radius 2 is 1.89 bits per heavy atom. The highest BCUT2D eigenvalue weighted by molar-refractivity contribution is 8.15. The fraction of sp³-hybridized carbons (Fsp3) is 0.286. The van der Waals surface area contributed by atoms with Crippen LogP contribution in [-0.2, 0) is 22.6 Å². The second kappa shape index (κ2) is 9.94. The molecule has 1 aliphatic rings. The molecule has 2 aromatic carbocycles. The summed E-state index contributed by atoms with van der Waals surface area (Å²) in [6.07, 6.45) is 0.868. The van der Waals surface area contributed by atoms with Crippen molar-refractivity contribution in [2.75, 3.05) is 13.7 Å². The van der Waals surface area contributed by atoms with Crippen molar-refractivity contribution in [1.82, 2.24) is 10.6 Å². The molecule has 146 valence electrons. The third-order valence-electron chi connectivity index (χ3n) is 4.29. The van der Waals surface area contributed by atoms with E-state index in [0.717, 1.165) is 23.3 Å². The molecule has 6 nitrogen and oxygen atoms in total. The van der Waals surface area contributed by atoms with Gasteiger partial charge in [-0.2, -0.15) is 0 Å². The minimum absolute atomic E-state index is 0.134. The third-order valence-corrected chi connectivity index (χ3v) is 5.41. The van der Waals surface area contributed by atoms with Crippen molar-refractivity contribution < 1.29 is 14.3 Å². The molecule has 0 unspecified atom stereocenters. The predicted octanol–water partition coefficient (Wildman–Crippen LogP) is 2.53. The van der Waals surface area contributed by atoms with Gasteiger partial charge in [0, 0.05) is 13.0 Å². The Hall–Kier alpha value is -2.80. The molecule has 1 saturated heterocycles. The van der Waals surface area contributed by atoms with Crippen molar-refractivity contribution in [3.05, 3.63) is 65.7 Å². The summed E-state index contributed by atoms with van der Waals surface area (Å²) in [5.74, 6) is 0.509. The van der Waals surface area contributed by atoms with Crippen LogP contribution in [0.4, 0.5) is 0 Å². The van der Waals surface area contributed by atoms with Crippen molar-refractivity contribution in [3.63, 3.8) is 0 Å². The molecular weight excluding hydrogens is 374 g/mol. The highest BCUT2D eigenvalue weighted by Crippen LogP contribution is 2.22. The summed E-state index contributed by atoms with van der Waals surface area (Å²) < 4.78 is 5.13. The lowest BCUT2D eigenvalue weighted by molar-refractivity contribution is -0.125. The molecule has 2 amide bonds. The summed E-state index contributed by atoms with van der Waals surface area (Å²) in [4.78, 5) is 28.7. The average Bonchev–Trinajstić information content (AvgIpc) is 3.07. The highest BCUT2D eigenvalue weighted by atomic mass is 32.2. The zero-order valence-corrected chi connectivity index (χ0v) is 16.5. The van der Waals surface area contributed by atoms with Crippen LogP contribution in [-0.4, -0.2) is 35.9 Å². The van der Waals surface area contributed by atoms with E-state index < -0.39 is 5.25 Å². The Morgan fingerprint density at radius 3 is 2.61 bits per heavy atom. The summed E-state index contributed by atoms with van der Waals surface area (Å²) in [5, 5.41) is 5.77. The van der Waals surface area contributed by atoms with Crippen molar-refractivity contribution in [3.8, 4) is 5.75 Å². The van der Waals surface area contributed by atoms with E-state index in [2.05, 4.69) is 15.6 Å². The molecule has 0 radical (unpaired) electrons. The van der Waals surface area contributed by atoms with Crippen LogP contribution < -0.4 is 15.4 Å². The van der Waals surface area contributed by atoms with E-state index in [9.17, 15) is 9.59 Å². The van der Waals surface area contributed by atoms with Crippen LogP contribution in [0.2, 0.25) is 0 Å². The first-order chi connectivity index (χ1) is 13.6. The number of ether oxygens (including phenoxy) is 1. The van der Waals surface area contributed by atoms with Gasteiger partial charge < -0.3 is 15.4 Å². The van der Waals surface area contributed by atoms with Crippen molar-refractivity contribution in [2.45, 2.75) is 24.6 Å². The number of amides is 2. The molecule has 1 atom stereocenters. The molecule has 0 aliphatic carbocycles. The number of nitrogens with one attached hydrogen (secondary N) is 2. The van der Waals surface area contributed by atoms with Gasteiger partial charge in [0.1, 0.15) is 11.0 Å². The summed E-state index contributed by atoms with van der Waals surface area (Å²) in [6.45, 7) is 1.03. The van der Waals surface area contributed by atoms with Gasteiger partial charge in [-0.05, 0) is 29.7 Å². The van der Waals surface area contributed by atoms with Crippen LogP contribution in [0.1, 0.15) is 17.5 Å². The molecule has 28 heavy (non-hydrogen) atoms. The van der Waals surface area contributed by atoms with Gasteiger partial charge in [-0.3, -0.25) is 14.6 Å². The lowest BCUT2D eigenvalue weighted by Gasteiger charge is -2.08. The Labute approximate surface area is 168 Å². The first-order valence-corrected chi connectivity index (χ1v) is 9.97. The predicted molar refractivity (Wildman–Crippen MR) is 111 cm³/mol. The number of amidine groups is 1. The van der Waals surface area contributed by atoms with Crippen LogP contribution in [0.3, 0.4) is 0 Å². The van der Waals surface area contributed by atoms with E-state index in [4.69, 9.17) is 4.74 Å². The first kappa shape index (κ1) is 19.9. The zero-order valence-electron chi connectivity index (χ0n) is 15.7. The minimum atomic E-state index is -0.435. The summed E-state index contributed by atoms with van der Waals surface area (Å²) in [6, 6.07) is 17.6. The number of rotatable bonds is 8. The largest absolute Gasteiger partial charge is 0.497 e. The molecular formula is C21H23N3O3S. The summed E-state index contributed by atoms with van der Waals surface area (Å²) >= 11 is 1.31. The molecule has 3 rings (SSSR count). The smallest absolute Gasteiger partial charge is 0.240 e. The van der Waals surface area contributed by atoms with E-state index in [1.54, 1.807) is 7.11 Å². The maximum atomic E-state index is 12.2. The molecule has 0 bridgehead atoms. The van der Waals surface area contributed by atoms with Gasteiger partial charge in [-0.15, -0.1) is 0 Å². The Balaban J connectivity index is 1.41. The number of carbonyl (C=O) groups excluding carboxylic acids is 2. The molecule has 2 N–H and O–H groups in total. The molecule has 1 aliphatic heterocycles. The Bertz CT molecular complexity index is 838.